The molecule has 89 heavy (non-hydrogen) atoms. The van der Waals surface area contributed by atoms with Gasteiger partial charge in [0.1, 0.15) is 23.7 Å². The molecule has 0 aliphatic carbocycles. The van der Waals surface area contributed by atoms with Crippen LogP contribution in [0.25, 0.3) is 0 Å². The molecule has 6 N–H and O–H groups in total. The number of fused-ring (bicyclic) bond motifs is 2. The van der Waals surface area contributed by atoms with Crippen LogP contribution in [0.15, 0.2) is 67.0 Å². The van der Waals surface area contributed by atoms with Gasteiger partial charge in [-0.15, -0.1) is 0 Å². The zero-order chi connectivity index (χ0) is 64.8. The van der Waals surface area contributed by atoms with Gasteiger partial charge in [0.25, 0.3) is 23.6 Å². The number of rotatable bonds is 26. The van der Waals surface area contributed by atoms with Crippen molar-refractivity contribution in [3.8, 4) is 17.2 Å². The van der Waals surface area contributed by atoms with Gasteiger partial charge in [0.2, 0.25) is 18.3 Å². The van der Waals surface area contributed by atoms with E-state index in [-0.39, 0.29) is 96.8 Å². The minimum absolute atomic E-state index is 0.00698. The first kappa shape index (κ1) is 67.0. The highest BCUT2D eigenvalue weighted by Crippen LogP contribution is 2.42. The molecule has 3 aliphatic heterocycles. The maximum absolute atomic E-state index is 14.6. The predicted molar refractivity (Wildman–Crippen MR) is 312 cm³/mol. The second kappa shape index (κ2) is 30.4. The van der Waals surface area contributed by atoms with Crippen molar-refractivity contribution in [1.29, 1.82) is 0 Å². The molecule has 7 atom stereocenters. The van der Waals surface area contributed by atoms with Crippen LogP contribution in [-0.4, -0.2) is 189 Å². The molecular weight excluding hydrogens is 1170 g/mol. The maximum Gasteiger partial charge on any atom is 0.416 e. The Kier molecular flexibility index (Phi) is 22.9. The van der Waals surface area contributed by atoms with Crippen LogP contribution < -0.4 is 45.7 Å². The van der Waals surface area contributed by atoms with Crippen LogP contribution >= 0.6 is 0 Å². The molecule has 1 unspecified atom stereocenters. The van der Waals surface area contributed by atoms with E-state index >= 15 is 0 Å². The number of methoxy groups -OCH3 is 3. The highest BCUT2D eigenvalue weighted by molar-refractivity contribution is 6.07. The van der Waals surface area contributed by atoms with E-state index in [1.54, 1.807) is 37.1 Å². The zero-order valence-corrected chi connectivity index (χ0v) is 50.6. The first-order valence-corrected chi connectivity index (χ1v) is 28.1. The third kappa shape index (κ3) is 16.6. The number of aliphatic hydroxyl groups is 1. The van der Waals surface area contributed by atoms with E-state index in [4.69, 9.17) is 47.4 Å². The molecule has 30 heteroatoms. The van der Waals surface area contributed by atoms with Gasteiger partial charge in [-0.05, 0) is 68.8 Å². The van der Waals surface area contributed by atoms with Gasteiger partial charge >= 0.3 is 30.0 Å². The lowest BCUT2D eigenvalue weighted by Gasteiger charge is -2.43. The number of carbonyl (C=O) groups is 10. The summed E-state index contributed by atoms with van der Waals surface area (Å²) in [6, 6.07) is 8.71. The van der Waals surface area contributed by atoms with Crippen LogP contribution in [0.4, 0.5) is 21.9 Å². The van der Waals surface area contributed by atoms with Crippen LogP contribution in [0.3, 0.4) is 0 Å². The van der Waals surface area contributed by atoms with Crippen LogP contribution in [0.2, 0.25) is 0 Å². The van der Waals surface area contributed by atoms with Gasteiger partial charge in [0, 0.05) is 86.5 Å². The summed E-state index contributed by atoms with van der Waals surface area (Å²) in [6.07, 6.45) is -7.56. The number of benzene rings is 2. The van der Waals surface area contributed by atoms with Crippen molar-refractivity contribution >= 4 is 76.6 Å². The summed E-state index contributed by atoms with van der Waals surface area (Å²) in [5.41, 5.74) is 1.66. The van der Waals surface area contributed by atoms with Gasteiger partial charge in [-0.2, -0.15) is 0 Å². The summed E-state index contributed by atoms with van der Waals surface area (Å²) >= 11 is 0. The molecular formula is C59H73N9O21. The van der Waals surface area contributed by atoms with Crippen molar-refractivity contribution < 1.29 is 100 Å². The standard InChI is InChI=1S/C59H73N9O21/c1-31-21-43-56(77)68(59(79)84-30-35-14-15-44(39(22-35)52(73)62-18-20-80-8)88-58-51(87-34(4)71)49(86-33(3)70)48(85-32(2)69)50(89-58)57(78)82-10)40-26-46(45(81-9)25-38(40)55(76)67(43)27-31)83-19-11-13-47(72)63-36-23-42(66(7)28-36)54(75)64-37-24-41(65(6)29-37)53(74)61-17-12-16-60-5/h14-15,22-26,28-29,43,48-51,56,58,60,77H,1,11-13,16-21,27,30H2,2-10H3,(H,61,74)(H,62,73)(H,63,72)(H,64,75)/t43-,48-,49-,50-,51+,56?,58+/m0/s1. The van der Waals surface area contributed by atoms with Crippen molar-refractivity contribution in [2.45, 2.75) is 96.0 Å². The Morgan fingerprint density at radius 1 is 0.730 bits per heavy atom. The van der Waals surface area contributed by atoms with Gasteiger partial charge in [0.05, 0.1) is 61.7 Å². The third-order valence-electron chi connectivity index (χ3n) is 14.2. The third-order valence-corrected chi connectivity index (χ3v) is 14.2. The molecule has 0 radical (unpaired) electrons. The fourth-order valence-electron chi connectivity index (χ4n) is 10.1. The van der Waals surface area contributed by atoms with Crippen molar-refractivity contribution in [3.05, 3.63) is 95.1 Å². The summed E-state index contributed by atoms with van der Waals surface area (Å²) in [5, 5.41) is 26.2. The lowest BCUT2D eigenvalue weighted by atomic mass is 9.97. The summed E-state index contributed by atoms with van der Waals surface area (Å²) in [6.45, 7) is 7.76. The first-order valence-electron chi connectivity index (χ1n) is 28.1. The molecule has 30 nitrogen and oxygen atoms in total. The number of nitrogens with zero attached hydrogens (tertiary/aromatic N) is 4. The second-order valence-electron chi connectivity index (χ2n) is 20.8. The zero-order valence-electron chi connectivity index (χ0n) is 50.6. The first-order chi connectivity index (χ1) is 42.5. The number of aromatic nitrogens is 2. The Balaban J connectivity index is 1.07. The van der Waals surface area contributed by atoms with Crippen molar-refractivity contribution in [2.75, 3.05) is 83.3 Å². The minimum Gasteiger partial charge on any atom is -0.493 e. The largest absolute Gasteiger partial charge is 0.493 e. The fourth-order valence-corrected chi connectivity index (χ4v) is 10.1. The molecule has 7 rings (SSSR count). The van der Waals surface area contributed by atoms with Gasteiger partial charge in [-0.3, -0.25) is 38.4 Å². The number of nitrogens with one attached hydrogen (secondary N) is 5. The van der Waals surface area contributed by atoms with E-state index in [9.17, 15) is 53.1 Å². The SMILES string of the molecule is C=C1C[C@H]2C(O)N(C(=O)OCc3ccc(O[C@@H]4O[C@H](C(=O)OC)[C@@H](OC(C)=O)[C@H](OC(C)=O)[C@H]4OC(C)=O)c(C(=O)NCCOC)c3)c3cc(OCCCC(=O)Nc4cc(C(=O)Nc5cc(C(=O)NCCCNC)n(C)c5)n(C)c4)c(OC)cc3C(=O)N2C1. The summed E-state index contributed by atoms with van der Waals surface area (Å²) in [7, 11) is 8.91. The number of carbonyl (C=O) groups excluding carboxylic acids is 10. The minimum atomic E-state index is -1.85. The molecule has 2 aromatic carbocycles. The molecule has 2 saturated heterocycles. The van der Waals surface area contributed by atoms with E-state index in [0.717, 1.165) is 45.7 Å². The molecule has 3 aliphatic rings. The number of anilines is 3. The number of hydrogen-bond acceptors (Lipinski definition) is 22. The number of esters is 4. The van der Waals surface area contributed by atoms with E-state index in [0.29, 0.717) is 29.2 Å². The lowest BCUT2D eigenvalue weighted by molar-refractivity contribution is -0.282. The Morgan fingerprint density at radius 3 is 2.03 bits per heavy atom. The summed E-state index contributed by atoms with van der Waals surface area (Å²) in [5.74, 6) is -6.58. The molecule has 6 amide bonds. The fraction of sp³-hybridized carbons (Fsp3) is 0.458. The topological polar surface area (TPSA) is 360 Å². The smallest absolute Gasteiger partial charge is 0.416 e. The van der Waals surface area contributed by atoms with Crippen molar-refractivity contribution in [1.82, 2.24) is 30.0 Å². The number of aryl methyl sites for hydroxylation is 2. The highest BCUT2D eigenvalue weighted by atomic mass is 16.7. The normalized spacial score (nSPS) is 19.3. The van der Waals surface area contributed by atoms with Crippen LogP contribution in [0, 0.1) is 0 Å². The number of ether oxygens (including phenoxy) is 10. The van der Waals surface area contributed by atoms with E-state index in [1.165, 1.54) is 60.1 Å². The maximum atomic E-state index is 14.6. The van der Waals surface area contributed by atoms with Gasteiger partial charge in [-0.25, -0.2) is 14.5 Å². The number of amides is 6. The van der Waals surface area contributed by atoms with Crippen molar-refractivity contribution in [2.24, 2.45) is 14.1 Å². The molecule has 480 valence electrons. The molecule has 2 fully saturated rings. The van der Waals surface area contributed by atoms with Crippen LogP contribution in [-0.2, 0) is 77.8 Å². The summed E-state index contributed by atoms with van der Waals surface area (Å²) < 4.78 is 59.1. The lowest BCUT2D eigenvalue weighted by Crippen LogP contribution is -2.64. The average Bonchev–Trinajstić information content (AvgIpc) is 1.78. The van der Waals surface area contributed by atoms with Gasteiger partial charge in [0.15, 0.2) is 36.0 Å². The van der Waals surface area contributed by atoms with Crippen LogP contribution in [0.5, 0.6) is 17.2 Å². The Labute approximate surface area is 511 Å². The number of hydrogen-bond donors (Lipinski definition) is 6. The summed E-state index contributed by atoms with van der Waals surface area (Å²) in [4.78, 5) is 135. The van der Waals surface area contributed by atoms with E-state index in [1.807, 2.05) is 7.05 Å². The van der Waals surface area contributed by atoms with Crippen molar-refractivity contribution in [3.63, 3.8) is 0 Å². The predicted octanol–water partition coefficient (Wildman–Crippen LogP) is 2.46. The van der Waals surface area contributed by atoms with Crippen LogP contribution in [0.1, 0.15) is 93.7 Å². The molecule has 0 bridgehead atoms. The molecule has 2 aromatic heterocycles. The monoisotopic (exact) mass is 1240 g/mol. The quantitative estimate of drug-likeness (QED) is 0.0228. The molecule has 0 spiro atoms. The van der Waals surface area contributed by atoms with Gasteiger partial charge in [-0.1, -0.05) is 18.2 Å². The Hall–Kier alpha value is -9.52. The van der Waals surface area contributed by atoms with E-state index in [2.05, 4.69) is 33.2 Å². The molecule has 5 heterocycles. The molecule has 0 saturated carbocycles. The Morgan fingerprint density at radius 2 is 1.38 bits per heavy atom. The van der Waals surface area contributed by atoms with E-state index < -0.39 is 103 Å². The highest BCUT2D eigenvalue weighted by Gasteiger charge is 2.56. The Bertz CT molecular complexity index is 3340. The average molecular weight is 1240 g/mol. The number of aliphatic hydroxyl groups excluding tert-OH is 1. The van der Waals surface area contributed by atoms with Gasteiger partial charge < -0.3 is 93.1 Å². The molecule has 4 aromatic rings. The second-order valence-corrected chi connectivity index (χ2v) is 20.8.